The standard InChI is InChI=1S/C11H20N2O5S2/c1-11(2,6-9(14)15)12-10(16)13-4-5-19-7-8(13)20(3,17)18/h8H,4-7H2,1-3H3,(H,12,16)(H,14,15). The van der Waals surface area contributed by atoms with Gasteiger partial charge in [0, 0.05) is 29.8 Å². The number of rotatable bonds is 4. The fourth-order valence-electron chi connectivity index (χ4n) is 1.95. The van der Waals surface area contributed by atoms with Gasteiger partial charge in [-0.3, -0.25) is 4.79 Å². The molecule has 1 heterocycles. The summed E-state index contributed by atoms with van der Waals surface area (Å²) in [5.74, 6) is -0.0195. The summed E-state index contributed by atoms with van der Waals surface area (Å²) in [6.45, 7) is 3.51. The minimum Gasteiger partial charge on any atom is -0.481 e. The molecule has 1 atom stereocenters. The van der Waals surface area contributed by atoms with Crippen LogP contribution < -0.4 is 5.32 Å². The average Bonchev–Trinajstić information content (AvgIpc) is 2.25. The van der Waals surface area contributed by atoms with E-state index in [1.807, 2.05) is 0 Å². The van der Waals surface area contributed by atoms with Crippen molar-refractivity contribution in [1.29, 1.82) is 0 Å². The Morgan fingerprint density at radius 2 is 2.05 bits per heavy atom. The smallest absolute Gasteiger partial charge is 0.318 e. The first-order chi connectivity index (χ1) is 9.03. The van der Waals surface area contributed by atoms with E-state index in [0.29, 0.717) is 18.1 Å². The van der Waals surface area contributed by atoms with Crippen molar-refractivity contribution in [3.63, 3.8) is 0 Å². The van der Waals surface area contributed by atoms with Gasteiger partial charge < -0.3 is 15.3 Å². The van der Waals surface area contributed by atoms with Crippen LogP contribution in [0.2, 0.25) is 0 Å². The molecule has 7 nitrogen and oxygen atoms in total. The highest BCUT2D eigenvalue weighted by atomic mass is 32.2. The van der Waals surface area contributed by atoms with E-state index in [-0.39, 0.29) is 6.42 Å². The van der Waals surface area contributed by atoms with Crippen LogP contribution in [-0.4, -0.2) is 65.6 Å². The highest BCUT2D eigenvalue weighted by Gasteiger charge is 2.36. The monoisotopic (exact) mass is 324 g/mol. The van der Waals surface area contributed by atoms with Crippen molar-refractivity contribution in [1.82, 2.24) is 10.2 Å². The van der Waals surface area contributed by atoms with Crippen LogP contribution in [0.1, 0.15) is 20.3 Å². The summed E-state index contributed by atoms with van der Waals surface area (Å²) in [6, 6.07) is -0.535. The van der Waals surface area contributed by atoms with Gasteiger partial charge in [0.15, 0.2) is 9.84 Å². The molecule has 1 unspecified atom stereocenters. The highest BCUT2D eigenvalue weighted by Crippen LogP contribution is 2.21. The third kappa shape index (κ3) is 4.86. The van der Waals surface area contributed by atoms with Gasteiger partial charge in [0.25, 0.3) is 0 Å². The Bertz CT molecular complexity index is 489. The molecule has 1 fully saturated rings. The lowest BCUT2D eigenvalue weighted by Gasteiger charge is -2.36. The zero-order valence-electron chi connectivity index (χ0n) is 11.7. The van der Waals surface area contributed by atoms with E-state index in [1.54, 1.807) is 13.8 Å². The van der Waals surface area contributed by atoms with Crippen LogP contribution in [0.4, 0.5) is 4.79 Å². The molecule has 0 spiro atoms. The zero-order valence-corrected chi connectivity index (χ0v) is 13.4. The van der Waals surface area contributed by atoms with Crippen LogP contribution >= 0.6 is 11.8 Å². The number of carbonyl (C=O) groups is 2. The van der Waals surface area contributed by atoms with E-state index in [2.05, 4.69) is 5.32 Å². The first-order valence-electron chi connectivity index (χ1n) is 6.10. The molecule has 1 aliphatic heterocycles. The van der Waals surface area contributed by atoms with Gasteiger partial charge in [0.1, 0.15) is 5.37 Å². The fourth-order valence-corrected chi connectivity index (χ4v) is 4.77. The molecule has 1 rings (SSSR count). The summed E-state index contributed by atoms with van der Waals surface area (Å²) in [5, 5.41) is 10.5. The number of hydrogen-bond acceptors (Lipinski definition) is 5. The molecular weight excluding hydrogens is 304 g/mol. The number of thioether (sulfide) groups is 1. The van der Waals surface area contributed by atoms with E-state index in [9.17, 15) is 18.0 Å². The van der Waals surface area contributed by atoms with Gasteiger partial charge in [-0.25, -0.2) is 13.2 Å². The summed E-state index contributed by atoms with van der Waals surface area (Å²) in [5.41, 5.74) is -0.935. The topological polar surface area (TPSA) is 104 Å². The Morgan fingerprint density at radius 3 is 2.55 bits per heavy atom. The van der Waals surface area contributed by atoms with E-state index < -0.39 is 32.8 Å². The number of nitrogens with one attached hydrogen (secondary N) is 1. The van der Waals surface area contributed by atoms with Crippen LogP contribution in [0.3, 0.4) is 0 Å². The number of nitrogens with zero attached hydrogens (tertiary/aromatic N) is 1. The maximum Gasteiger partial charge on any atom is 0.318 e. The molecule has 0 aliphatic carbocycles. The summed E-state index contributed by atoms with van der Waals surface area (Å²) in [7, 11) is -3.37. The Hall–Kier alpha value is -0.960. The fraction of sp³-hybridized carbons (Fsp3) is 0.818. The Balaban J connectivity index is 2.81. The number of urea groups is 1. The van der Waals surface area contributed by atoms with Gasteiger partial charge in [0.2, 0.25) is 0 Å². The number of carbonyl (C=O) groups excluding carboxylic acids is 1. The number of sulfone groups is 1. The SMILES string of the molecule is CC(C)(CC(=O)O)NC(=O)N1CCSCC1S(C)(=O)=O. The second-order valence-electron chi connectivity index (χ2n) is 5.44. The molecule has 1 saturated heterocycles. The van der Waals surface area contributed by atoms with Crippen LogP contribution in [0.25, 0.3) is 0 Å². The molecule has 0 bridgehead atoms. The third-order valence-corrected chi connectivity index (χ3v) is 5.52. The van der Waals surface area contributed by atoms with Crippen molar-refractivity contribution in [3.05, 3.63) is 0 Å². The van der Waals surface area contributed by atoms with Gasteiger partial charge in [-0.05, 0) is 13.8 Å². The van der Waals surface area contributed by atoms with Crippen molar-refractivity contribution in [3.8, 4) is 0 Å². The van der Waals surface area contributed by atoms with Crippen LogP contribution in [-0.2, 0) is 14.6 Å². The van der Waals surface area contributed by atoms with Gasteiger partial charge in [-0.2, -0.15) is 11.8 Å². The quantitative estimate of drug-likeness (QED) is 0.774. The highest BCUT2D eigenvalue weighted by molar-refractivity contribution is 8.00. The molecule has 0 aromatic heterocycles. The molecule has 2 amide bonds. The third-order valence-electron chi connectivity index (χ3n) is 2.88. The lowest BCUT2D eigenvalue weighted by Crippen LogP contribution is -2.57. The zero-order chi connectivity index (χ0) is 15.6. The number of carboxylic acid groups (broad SMARTS) is 1. The molecule has 0 aromatic carbocycles. The van der Waals surface area contributed by atoms with Crippen molar-refractivity contribution in [2.45, 2.75) is 31.2 Å². The van der Waals surface area contributed by atoms with Crippen molar-refractivity contribution in [2.75, 3.05) is 24.3 Å². The van der Waals surface area contributed by atoms with E-state index >= 15 is 0 Å². The average molecular weight is 324 g/mol. The summed E-state index contributed by atoms with van der Waals surface area (Å²) in [6.07, 6.45) is 0.872. The lowest BCUT2D eigenvalue weighted by molar-refractivity contribution is -0.138. The summed E-state index contributed by atoms with van der Waals surface area (Å²) >= 11 is 1.48. The summed E-state index contributed by atoms with van der Waals surface area (Å²) < 4.78 is 23.4. The normalized spacial score (nSPS) is 20.6. The second kappa shape index (κ2) is 6.21. The van der Waals surface area contributed by atoms with Gasteiger partial charge >= 0.3 is 12.0 Å². The molecule has 0 radical (unpaired) electrons. The van der Waals surface area contributed by atoms with Crippen LogP contribution in [0.5, 0.6) is 0 Å². The van der Waals surface area contributed by atoms with Crippen molar-refractivity contribution < 1.29 is 23.1 Å². The number of hydrogen-bond donors (Lipinski definition) is 2. The predicted molar refractivity (Wildman–Crippen MR) is 77.5 cm³/mol. The minimum absolute atomic E-state index is 0.231. The molecule has 0 saturated carbocycles. The molecule has 116 valence electrons. The molecule has 1 aliphatic rings. The van der Waals surface area contributed by atoms with Crippen molar-refractivity contribution >= 4 is 33.6 Å². The van der Waals surface area contributed by atoms with E-state index in [4.69, 9.17) is 5.11 Å². The Morgan fingerprint density at radius 1 is 1.45 bits per heavy atom. The second-order valence-corrected chi connectivity index (χ2v) is 8.79. The van der Waals surface area contributed by atoms with Crippen molar-refractivity contribution in [2.24, 2.45) is 0 Å². The number of aliphatic carboxylic acids is 1. The van der Waals surface area contributed by atoms with Gasteiger partial charge in [-0.1, -0.05) is 0 Å². The van der Waals surface area contributed by atoms with Gasteiger partial charge in [0.05, 0.1) is 6.42 Å². The maximum absolute atomic E-state index is 12.2. The molecule has 0 aromatic rings. The molecule has 2 N–H and O–H groups in total. The lowest BCUT2D eigenvalue weighted by atomic mass is 10.0. The molecular formula is C11H20N2O5S2. The first-order valence-corrected chi connectivity index (χ1v) is 9.21. The predicted octanol–water partition coefficient (Wildman–Crippen LogP) is 0.369. The Labute approximate surface area is 123 Å². The van der Waals surface area contributed by atoms with E-state index in [1.165, 1.54) is 16.7 Å². The molecule has 20 heavy (non-hydrogen) atoms. The van der Waals surface area contributed by atoms with Gasteiger partial charge in [-0.15, -0.1) is 0 Å². The Kier molecular flexibility index (Phi) is 5.31. The molecule has 9 heteroatoms. The maximum atomic E-state index is 12.2. The minimum atomic E-state index is -3.37. The van der Waals surface area contributed by atoms with Crippen LogP contribution in [0, 0.1) is 0 Å². The summed E-state index contributed by atoms with van der Waals surface area (Å²) in [4.78, 5) is 24.2. The number of amides is 2. The number of carboxylic acids is 1. The largest absolute Gasteiger partial charge is 0.481 e. The van der Waals surface area contributed by atoms with Crippen LogP contribution in [0.15, 0.2) is 0 Å². The first kappa shape index (κ1) is 17.1. The van der Waals surface area contributed by atoms with E-state index in [0.717, 1.165) is 6.26 Å².